The van der Waals surface area contributed by atoms with Crippen LogP contribution >= 0.6 is 23.2 Å². The molecule has 2 N–H and O–H groups in total. The van der Waals surface area contributed by atoms with Crippen LogP contribution in [0.25, 0.3) is 0 Å². The van der Waals surface area contributed by atoms with Gasteiger partial charge in [0.05, 0.1) is 22.2 Å². The zero-order chi connectivity index (χ0) is 8.43. The number of carbonyl (C=O) groups is 1. The van der Waals surface area contributed by atoms with Gasteiger partial charge in [-0.25, -0.2) is 4.79 Å². The van der Waals surface area contributed by atoms with Crippen LogP contribution in [0.2, 0.25) is 0 Å². The molecule has 0 aromatic rings. The number of aliphatic carboxylic acids is 1. The summed E-state index contributed by atoms with van der Waals surface area (Å²) in [6, 6.07) is 0. The van der Waals surface area contributed by atoms with E-state index in [0.29, 0.717) is 6.54 Å². The summed E-state index contributed by atoms with van der Waals surface area (Å²) >= 11 is 11.1. The van der Waals surface area contributed by atoms with E-state index in [0.717, 1.165) is 0 Å². The van der Waals surface area contributed by atoms with Crippen molar-refractivity contribution in [2.24, 2.45) is 0 Å². The fourth-order valence-corrected chi connectivity index (χ4v) is 1.32. The number of carboxylic acid groups (broad SMARTS) is 1. The number of dihydropyridines is 1. The summed E-state index contributed by atoms with van der Waals surface area (Å²) in [6.07, 6.45) is 1.41. The first kappa shape index (κ1) is 8.43. The third kappa shape index (κ3) is 1.67. The number of hydrogen-bond acceptors (Lipinski definition) is 2. The molecule has 1 aliphatic rings. The molecular formula is C6H5Cl2NO2. The Morgan fingerprint density at radius 2 is 2.27 bits per heavy atom. The second-order valence-electron chi connectivity index (χ2n) is 1.96. The number of nitrogens with one attached hydrogen (secondary N) is 1. The average Bonchev–Trinajstić information content (AvgIpc) is 1.85. The summed E-state index contributed by atoms with van der Waals surface area (Å²) < 4.78 is 0. The van der Waals surface area contributed by atoms with Gasteiger partial charge >= 0.3 is 5.97 Å². The highest BCUT2D eigenvalue weighted by Gasteiger charge is 2.19. The minimum absolute atomic E-state index is 0.0212. The van der Waals surface area contributed by atoms with Crippen LogP contribution in [0, 0.1) is 0 Å². The molecule has 0 radical (unpaired) electrons. The predicted octanol–water partition coefficient (Wildman–Crippen LogP) is 1.25. The largest absolute Gasteiger partial charge is 0.478 e. The molecule has 0 saturated heterocycles. The van der Waals surface area contributed by atoms with Gasteiger partial charge in [-0.3, -0.25) is 0 Å². The molecule has 0 aliphatic carbocycles. The van der Waals surface area contributed by atoms with Gasteiger partial charge < -0.3 is 10.4 Å². The molecule has 1 aliphatic heterocycles. The minimum atomic E-state index is -1.10. The molecule has 0 aromatic heterocycles. The van der Waals surface area contributed by atoms with Crippen LogP contribution in [0.4, 0.5) is 0 Å². The van der Waals surface area contributed by atoms with Crippen molar-refractivity contribution >= 4 is 29.2 Å². The smallest absolute Gasteiger partial charge is 0.338 e. The number of halogens is 2. The van der Waals surface area contributed by atoms with E-state index in [9.17, 15) is 4.79 Å². The van der Waals surface area contributed by atoms with E-state index in [1.165, 1.54) is 6.20 Å². The summed E-state index contributed by atoms with van der Waals surface area (Å²) in [5.74, 6) is -1.10. The number of carboxylic acids is 1. The minimum Gasteiger partial charge on any atom is -0.478 e. The molecule has 1 rings (SSSR count). The first-order chi connectivity index (χ1) is 5.13. The zero-order valence-corrected chi connectivity index (χ0v) is 6.91. The van der Waals surface area contributed by atoms with Gasteiger partial charge in [0.15, 0.2) is 0 Å². The van der Waals surface area contributed by atoms with Gasteiger partial charge in [-0.1, -0.05) is 23.2 Å². The third-order valence-electron chi connectivity index (χ3n) is 1.21. The van der Waals surface area contributed by atoms with Crippen molar-refractivity contribution in [3.8, 4) is 0 Å². The highest BCUT2D eigenvalue weighted by Crippen LogP contribution is 2.23. The van der Waals surface area contributed by atoms with Crippen molar-refractivity contribution in [2.45, 2.75) is 0 Å². The fraction of sp³-hybridized carbons (Fsp3) is 0.167. The highest BCUT2D eigenvalue weighted by molar-refractivity contribution is 6.39. The van der Waals surface area contributed by atoms with Gasteiger partial charge in [0.1, 0.15) is 0 Å². The lowest BCUT2D eigenvalue weighted by Gasteiger charge is -2.11. The third-order valence-corrected chi connectivity index (χ3v) is 1.83. The van der Waals surface area contributed by atoms with Crippen molar-refractivity contribution in [1.82, 2.24) is 5.32 Å². The van der Waals surface area contributed by atoms with Crippen LogP contribution < -0.4 is 5.32 Å². The first-order valence-corrected chi connectivity index (χ1v) is 3.60. The molecule has 0 fully saturated rings. The molecule has 0 aromatic carbocycles. The molecule has 3 nitrogen and oxygen atoms in total. The van der Waals surface area contributed by atoms with Gasteiger partial charge in [0, 0.05) is 6.20 Å². The van der Waals surface area contributed by atoms with E-state index in [-0.39, 0.29) is 15.6 Å². The van der Waals surface area contributed by atoms with Gasteiger partial charge in [-0.2, -0.15) is 0 Å². The van der Waals surface area contributed by atoms with Gasteiger partial charge in [-0.05, 0) is 0 Å². The lowest BCUT2D eigenvalue weighted by molar-refractivity contribution is -0.132. The van der Waals surface area contributed by atoms with E-state index in [4.69, 9.17) is 28.3 Å². The average molecular weight is 194 g/mol. The topological polar surface area (TPSA) is 49.3 Å². The van der Waals surface area contributed by atoms with Gasteiger partial charge in [0.2, 0.25) is 0 Å². The Labute approximate surface area is 73.3 Å². The normalized spacial score (nSPS) is 17.5. The zero-order valence-electron chi connectivity index (χ0n) is 5.40. The van der Waals surface area contributed by atoms with E-state index in [1.54, 1.807) is 0 Å². The molecule has 0 unspecified atom stereocenters. The van der Waals surface area contributed by atoms with Gasteiger partial charge in [0.25, 0.3) is 0 Å². The molecule has 1 heterocycles. The molecule has 5 heteroatoms. The van der Waals surface area contributed by atoms with Crippen molar-refractivity contribution < 1.29 is 9.90 Å². The summed E-state index contributed by atoms with van der Waals surface area (Å²) in [7, 11) is 0. The maximum Gasteiger partial charge on any atom is 0.338 e. The van der Waals surface area contributed by atoms with E-state index < -0.39 is 5.97 Å². The Hall–Kier alpha value is -0.670. The second kappa shape index (κ2) is 3.15. The van der Waals surface area contributed by atoms with Crippen LogP contribution in [-0.4, -0.2) is 17.6 Å². The second-order valence-corrected chi connectivity index (χ2v) is 2.82. The molecule has 0 bridgehead atoms. The van der Waals surface area contributed by atoms with Crippen molar-refractivity contribution in [1.29, 1.82) is 0 Å². The standard InChI is InChI=1S/C6H5Cl2NO2/c7-3-1-9-2-4(8)5(3)6(10)11/h1,9H,2H2,(H,10,11). The summed E-state index contributed by atoms with van der Waals surface area (Å²) in [5, 5.41) is 11.7. The Bertz CT molecular complexity index is 257. The first-order valence-electron chi connectivity index (χ1n) is 2.84. The Morgan fingerprint density at radius 1 is 1.64 bits per heavy atom. The van der Waals surface area contributed by atoms with E-state index >= 15 is 0 Å². The Balaban J connectivity index is 3.04. The van der Waals surface area contributed by atoms with Crippen molar-refractivity contribution in [3.63, 3.8) is 0 Å². The molecule has 0 saturated carbocycles. The quantitative estimate of drug-likeness (QED) is 0.660. The SMILES string of the molecule is O=C(O)C1=C(Cl)CNC=C1Cl. The molecule has 0 amide bonds. The van der Waals surface area contributed by atoms with Crippen molar-refractivity contribution in [2.75, 3.05) is 6.54 Å². The summed E-state index contributed by atoms with van der Waals surface area (Å²) in [5.41, 5.74) is -0.0212. The maximum absolute atomic E-state index is 10.5. The lowest BCUT2D eigenvalue weighted by atomic mass is 10.2. The predicted molar refractivity (Wildman–Crippen MR) is 42.5 cm³/mol. The monoisotopic (exact) mass is 193 g/mol. The lowest BCUT2D eigenvalue weighted by Crippen LogP contribution is -2.18. The molecule has 60 valence electrons. The molecular weight excluding hydrogens is 189 g/mol. The summed E-state index contributed by atoms with van der Waals surface area (Å²) in [6.45, 7) is 0.319. The van der Waals surface area contributed by atoms with Gasteiger partial charge in [-0.15, -0.1) is 0 Å². The number of rotatable bonds is 1. The fourth-order valence-electron chi connectivity index (χ4n) is 0.739. The molecule has 11 heavy (non-hydrogen) atoms. The summed E-state index contributed by atoms with van der Waals surface area (Å²) in [4.78, 5) is 10.5. The highest BCUT2D eigenvalue weighted by atomic mass is 35.5. The van der Waals surface area contributed by atoms with Crippen molar-refractivity contribution in [3.05, 3.63) is 21.8 Å². The van der Waals surface area contributed by atoms with Crippen LogP contribution in [0.15, 0.2) is 21.8 Å². The number of hydrogen-bond donors (Lipinski definition) is 2. The van der Waals surface area contributed by atoms with Crippen LogP contribution in [0.3, 0.4) is 0 Å². The van der Waals surface area contributed by atoms with Crippen LogP contribution in [-0.2, 0) is 4.79 Å². The Morgan fingerprint density at radius 3 is 2.64 bits per heavy atom. The molecule has 0 atom stereocenters. The van der Waals surface area contributed by atoms with Crippen LogP contribution in [0.1, 0.15) is 0 Å². The maximum atomic E-state index is 10.5. The van der Waals surface area contributed by atoms with E-state index in [2.05, 4.69) is 5.32 Å². The van der Waals surface area contributed by atoms with Crippen LogP contribution in [0.5, 0.6) is 0 Å². The molecule has 0 spiro atoms. The van der Waals surface area contributed by atoms with E-state index in [1.807, 2.05) is 0 Å². The Kier molecular flexibility index (Phi) is 2.42.